The molecule has 0 aromatic heterocycles. The molecule has 0 radical (unpaired) electrons. The minimum absolute atomic E-state index is 0.0287. The molecule has 6 nitrogen and oxygen atoms in total. The van der Waals surface area contributed by atoms with Gasteiger partial charge in [-0.05, 0) is 56.7 Å². The Labute approximate surface area is 169 Å². The zero-order valence-corrected chi connectivity index (χ0v) is 17.2. The second kappa shape index (κ2) is 8.66. The van der Waals surface area contributed by atoms with Crippen molar-refractivity contribution in [2.75, 3.05) is 13.1 Å². The second-order valence-corrected chi connectivity index (χ2v) is 10.0. The average Bonchev–Trinajstić information content (AvgIpc) is 2.65. The van der Waals surface area contributed by atoms with E-state index in [4.69, 9.17) is 23.2 Å². The number of carbonyl (C=O) groups is 1. The van der Waals surface area contributed by atoms with Gasteiger partial charge in [-0.2, -0.15) is 4.31 Å². The first-order chi connectivity index (χ1) is 12.8. The van der Waals surface area contributed by atoms with Crippen LogP contribution in [0.25, 0.3) is 0 Å². The fraction of sp³-hybridized carbons (Fsp3) is 0.611. The molecule has 9 heteroatoms. The summed E-state index contributed by atoms with van der Waals surface area (Å²) in [5.41, 5.74) is 0. The molecule has 1 amide bonds. The molecule has 1 saturated carbocycles. The molecule has 0 bridgehead atoms. The van der Waals surface area contributed by atoms with Gasteiger partial charge in [0.15, 0.2) is 0 Å². The summed E-state index contributed by atoms with van der Waals surface area (Å²) in [6.07, 6.45) is 3.85. The standard InChI is InChI=1S/C18H24Cl2N2O4S/c19-13-3-8-16(20)17(10-13)27(25,26)22-9-1-2-12(11-22)18(24)21-14-4-6-15(23)7-5-14/h3,8,10,12,14-15,23H,1-2,4-7,9,11H2,(H,21,24)/t12-,14?,15?/m0/s1. The lowest BCUT2D eigenvalue weighted by molar-refractivity contribution is -0.127. The van der Waals surface area contributed by atoms with E-state index >= 15 is 0 Å². The summed E-state index contributed by atoms with van der Waals surface area (Å²) in [5.74, 6) is -0.508. The first-order valence-corrected chi connectivity index (χ1v) is 11.4. The van der Waals surface area contributed by atoms with E-state index in [1.54, 1.807) is 0 Å². The van der Waals surface area contributed by atoms with Gasteiger partial charge in [0, 0.05) is 24.2 Å². The van der Waals surface area contributed by atoms with Crippen LogP contribution in [0.4, 0.5) is 0 Å². The van der Waals surface area contributed by atoms with E-state index < -0.39 is 15.9 Å². The quantitative estimate of drug-likeness (QED) is 0.762. The lowest BCUT2D eigenvalue weighted by Gasteiger charge is -2.33. The first-order valence-electron chi connectivity index (χ1n) is 9.21. The number of hydrogen-bond acceptors (Lipinski definition) is 4. The molecule has 1 aromatic rings. The highest BCUT2D eigenvalue weighted by Gasteiger charge is 2.35. The predicted molar refractivity (Wildman–Crippen MR) is 104 cm³/mol. The average molecular weight is 435 g/mol. The van der Waals surface area contributed by atoms with E-state index in [9.17, 15) is 18.3 Å². The van der Waals surface area contributed by atoms with Crippen LogP contribution in [0.3, 0.4) is 0 Å². The van der Waals surface area contributed by atoms with Crippen molar-refractivity contribution in [3.63, 3.8) is 0 Å². The van der Waals surface area contributed by atoms with Gasteiger partial charge < -0.3 is 10.4 Å². The van der Waals surface area contributed by atoms with Crippen LogP contribution in [0, 0.1) is 5.92 Å². The van der Waals surface area contributed by atoms with E-state index in [-0.39, 0.29) is 34.5 Å². The summed E-state index contributed by atoms with van der Waals surface area (Å²) in [6.45, 7) is 0.483. The molecule has 150 valence electrons. The highest BCUT2D eigenvalue weighted by atomic mass is 35.5. The Hall–Kier alpha value is -0.860. The topological polar surface area (TPSA) is 86.7 Å². The number of sulfonamides is 1. The fourth-order valence-electron chi connectivity index (χ4n) is 3.73. The summed E-state index contributed by atoms with van der Waals surface area (Å²) in [4.78, 5) is 12.6. The van der Waals surface area contributed by atoms with Gasteiger partial charge in [-0.15, -0.1) is 0 Å². The molecule has 27 heavy (non-hydrogen) atoms. The van der Waals surface area contributed by atoms with Crippen LogP contribution in [-0.2, 0) is 14.8 Å². The molecule has 3 rings (SSSR count). The van der Waals surface area contributed by atoms with E-state index in [1.807, 2.05) is 0 Å². The Bertz CT molecular complexity index is 795. The number of halogens is 2. The summed E-state index contributed by atoms with van der Waals surface area (Å²) < 4.78 is 27.3. The molecule has 0 unspecified atom stereocenters. The second-order valence-electron chi connectivity index (χ2n) is 7.29. The minimum atomic E-state index is -3.82. The van der Waals surface area contributed by atoms with Gasteiger partial charge in [0.05, 0.1) is 17.0 Å². The van der Waals surface area contributed by atoms with Crippen molar-refractivity contribution in [1.29, 1.82) is 0 Å². The van der Waals surface area contributed by atoms with E-state index in [1.165, 1.54) is 22.5 Å². The van der Waals surface area contributed by atoms with Crippen LogP contribution in [0.5, 0.6) is 0 Å². The molecule has 1 aliphatic carbocycles. The molecular formula is C18H24Cl2N2O4S. The third kappa shape index (κ3) is 4.95. The normalized spacial score (nSPS) is 27.3. The first kappa shape index (κ1) is 20.9. The van der Waals surface area contributed by atoms with Crippen molar-refractivity contribution < 1.29 is 18.3 Å². The fourth-order valence-corrected chi connectivity index (χ4v) is 5.99. The maximum atomic E-state index is 13.0. The number of aliphatic hydroxyl groups excluding tert-OH is 1. The van der Waals surface area contributed by atoms with Crippen molar-refractivity contribution >= 4 is 39.1 Å². The lowest BCUT2D eigenvalue weighted by Crippen LogP contribution is -2.48. The van der Waals surface area contributed by atoms with Gasteiger partial charge in [0.2, 0.25) is 15.9 Å². The number of piperidine rings is 1. The third-order valence-electron chi connectivity index (χ3n) is 5.31. The van der Waals surface area contributed by atoms with Crippen molar-refractivity contribution in [3.8, 4) is 0 Å². The molecule has 0 spiro atoms. The molecule has 1 heterocycles. The number of benzene rings is 1. The molecule has 2 aliphatic rings. The van der Waals surface area contributed by atoms with Gasteiger partial charge in [-0.25, -0.2) is 8.42 Å². The summed E-state index contributed by atoms with van der Waals surface area (Å²) in [6, 6.07) is 4.39. The molecule has 1 aliphatic heterocycles. The number of carbonyl (C=O) groups excluding carboxylic acids is 1. The maximum absolute atomic E-state index is 13.0. The van der Waals surface area contributed by atoms with Crippen molar-refractivity contribution in [2.24, 2.45) is 5.92 Å². The van der Waals surface area contributed by atoms with Crippen molar-refractivity contribution in [3.05, 3.63) is 28.2 Å². The highest BCUT2D eigenvalue weighted by molar-refractivity contribution is 7.89. The Morgan fingerprint density at radius 2 is 1.85 bits per heavy atom. The van der Waals surface area contributed by atoms with Crippen LogP contribution in [-0.4, -0.2) is 49.0 Å². The minimum Gasteiger partial charge on any atom is -0.393 e. The monoisotopic (exact) mass is 434 g/mol. The molecule has 1 atom stereocenters. The van der Waals surface area contributed by atoms with Crippen LogP contribution < -0.4 is 5.32 Å². The van der Waals surface area contributed by atoms with E-state index in [0.29, 0.717) is 37.3 Å². The molecule has 2 fully saturated rings. The van der Waals surface area contributed by atoms with Crippen LogP contribution in [0.15, 0.2) is 23.1 Å². The Morgan fingerprint density at radius 1 is 1.15 bits per heavy atom. The zero-order valence-electron chi connectivity index (χ0n) is 14.9. The van der Waals surface area contributed by atoms with E-state index in [0.717, 1.165) is 12.8 Å². The zero-order chi connectivity index (χ0) is 19.6. The summed E-state index contributed by atoms with van der Waals surface area (Å²) in [5, 5.41) is 13.0. The molecule has 2 N–H and O–H groups in total. The van der Waals surface area contributed by atoms with Gasteiger partial charge in [-0.1, -0.05) is 23.2 Å². The number of nitrogens with one attached hydrogen (secondary N) is 1. The maximum Gasteiger partial charge on any atom is 0.244 e. The predicted octanol–water partition coefficient (Wildman–Crippen LogP) is 2.81. The summed E-state index contributed by atoms with van der Waals surface area (Å²) in [7, 11) is -3.82. The largest absolute Gasteiger partial charge is 0.393 e. The van der Waals surface area contributed by atoms with Gasteiger partial charge in [0.25, 0.3) is 0 Å². The SMILES string of the molecule is O=C(NC1CCC(O)CC1)[C@H]1CCCN(S(=O)(=O)c2cc(Cl)ccc2Cl)C1. The van der Waals surface area contributed by atoms with Crippen LogP contribution in [0.2, 0.25) is 10.0 Å². The molecular weight excluding hydrogens is 411 g/mol. The van der Waals surface area contributed by atoms with Crippen LogP contribution >= 0.6 is 23.2 Å². The molecule has 1 aromatic carbocycles. The Morgan fingerprint density at radius 3 is 2.56 bits per heavy atom. The number of hydrogen-bond donors (Lipinski definition) is 2. The van der Waals surface area contributed by atoms with Crippen LogP contribution in [0.1, 0.15) is 38.5 Å². The smallest absolute Gasteiger partial charge is 0.244 e. The van der Waals surface area contributed by atoms with Crippen molar-refractivity contribution in [2.45, 2.75) is 55.6 Å². The Balaban J connectivity index is 1.68. The van der Waals surface area contributed by atoms with E-state index in [2.05, 4.69) is 5.32 Å². The number of amides is 1. The van der Waals surface area contributed by atoms with Gasteiger partial charge in [-0.3, -0.25) is 4.79 Å². The number of rotatable bonds is 4. The highest BCUT2D eigenvalue weighted by Crippen LogP contribution is 2.30. The lowest BCUT2D eigenvalue weighted by atomic mass is 9.92. The van der Waals surface area contributed by atoms with Gasteiger partial charge in [0.1, 0.15) is 4.90 Å². The van der Waals surface area contributed by atoms with Gasteiger partial charge >= 0.3 is 0 Å². The molecule has 1 saturated heterocycles. The van der Waals surface area contributed by atoms with Crippen molar-refractivity contribution in [1.82, 2.24) is 9.62 Å². The Kier molecular flexibility index (Phi) is 6.69. The number of aliphatic hydroxyl groups is 1. The summed E-state index contributed by atoms with van der Waals surface area (Å²) >= 11 is 12.0. The number of nitrogens with zero attached hydrogens (tertiary/aromatic N) is 1. The third-order valence-corrected chi connectivity index (χ3v) is 7.89.